The van der Waals surface area contributed by atoms with E-state index >= 15 is 0 Å². The Balaban J connectivity index is 1.79. The Hall–Kier alpha value is -2.83. The van der Waals surface area contributed by atoms with Gasteiger partial charge in [0.15, 0.2) is 0 Å². The number of nitro benzene ring substituents is 1. The zero-order valence-electron chi connectivity index (χ0n) is 16.8. The Bertz CT molecular complexity index is 980. The van der Waals surface area contributed by atoms with Gasteiger partial charge in [-0.25, -0.2) is 18.1 Å². The minimum absolute atomic E-state index is 0.154. The maximum atomic E-state index is 12.6. The third-order valence-corrected chi connectivity index (χ3v) is 6.31. The van der Waals surface area contributed by atoms with Crippen LogP contribution in [0.3, 0.4) is 0 Å². The van der Waals surface area contributed by atoms with E-state index in [1.165, 1.54) is 19.2 Å². The average Bonchev–Trinajstić information content (AvgIpc) is 2.74. The van der Waals surface area contributed by atoms with E-state index < -0.39 is 21.0 Å². The lowest BCUT2D eigenvalue weighted by molar-refractivity contribution is -0.384. The van der Waals surface area contributed by atoms with Gasteiger partial charge in [0.2, 0.25) is 10.0 Å². The summed E-state index contributed by atoms with van der Waals surface area (Å²) in [6.45, 7) is 4.15. The number of hydrogen-bond acceptors (Lipinski definition) is 9. The van der Waals surface area contributed by atoms with Crippen molar-refractivity contribution < 1.29 is 18.1 Å². The molecule has 1 aliphatic rings. The second-order valence-electron chi connectivity index (χ2n) is 6.92. The van der Waals surface area contributed by atoms with Gasteiger partial charge in [0, 0.05) is 57.8 Å². The van der Waals surface area contributed by atoms with Gasteiger partial charge in [-0.15, -0.1) is 0 Å². The molecule has 0 saturated carbocycles. The molecule has 162 valence electrons. The van der Waals surface area contributed by atoms with Gasteiger partial charge < -0.3 is 14.5 Å². The van der Waals surface area contributed by atoms with Crippen LogP contribution in [0.15, 0.2) is 41.7 Å². The zero-order chi connectivity index (χ0) is 21.7. The van der Waals surface area contributed by atoms with E-state index in [0.29, 0.717) is 31.9 Å². The van der Waals surface area contributed by atoms with Crippen LogP contribution in [-0.2, 0) is 14.8 Å². The first-order valence-electron chi connectivity index (χ1n) is 9.37. The van der Waals surface area contributed by atoms with Crippen molar-refractivity contribution in [3.8, 4) is 0 Å². The van der Waals surface area contributed by atoms with Gasteiger partial charge in [-0.05, 0) is 19.1 Å². The number of rotatable bonds is 8. The third-order valence-electron chi connectivity index (χ3n) is 4.72. The second-order valence-corrected chi connectivity index (χ2v) is 8.64. The molecular formula is C18H24N6O5S. The summed E-state index contributed by atoms with van der Waals surface area (Å²) in [4.78, 5) is 23.2. The van der Waals surface area contributed by atoms with Crippen molar-refractivity contribution in [3.63, 3.8) is 0 Å². The Labute approximate surface area is 174 Å². The molecule has 0 bridgehead atoms. The van der Waals surface area contributed by atoms with E-state index in [0.717, 1.165) is 11.9 Å². The number of nitrogens with zero attached hydrogens (tertiary/aromatic N) is 5. The van der Waals surface area contributed by atoms with E-state index in [2.05, 4.69) is 19.6 Å². The molecule has 1 N–H and O–H groups in total. The summed E-state index contributed by atoms with van der Waals surface area (Å²) in [5, 5.41) is 11.7. The van der Waals surface area contributed by atoms with Crippen molar-refractivity contribution in [1.82, 2.24) is 14.7 Å². The summed E-state index contributed by atoms with van der Waals surface area (Å²) in [7, 11) is -2.44. The minimum Gasteiger partial charge on any atom is -0.383 e. The highest BCUT2D eigenvalue weighted by atomic mass is 32.2. The maximum absolute atomic E-state index is 12.6. The molecule has 0 spiro atoms. The monoisotopic (exact) mass is 436 g/mol. The van der Waals surface area contributed by atoms with Crippen LogP contribution in [0.25, 0.3) is 0 Å². The first-order chi connectivity index (χ1) is 14.3. The highest BCUT2D eigenvalue weighted by Gasteiger charge is 2.27. The van der Waals surface area contributed by atoms with Crippen LogP contribution >= 0.6 is 0 Å². The molecule has 3 rings (SSSR count). The van der Waals surface area contributed by atoms with Crippen LogP contribution < -0.4 is 14.5 Å². The van der Waals surface area contributed by atoms with Crippen molar-refractivity contribution in [2.45, 2.75) is 17.9 Å². The number of nitrogens with one attached hydrogen (secondary N) is 1. The fraction of sp³-hybridized carbons (Fsp3) is 0.444. The topological polar surface area (TPSA) is 131 Å². The normalized spacial score (nSPS) is 15.8. The Morgan fingerprint density at radius 3 is 2.53 bits per heavy atom. The number of sulfonamides is 1. The van der Waals surface area contributed by atoms with Crippen molar-refractivity contribution in [3.05, 3.63) is 46.9 Å². The number of nitro groups is 1. The molecule has 30 heavy (non-hydrogen) atoms. The zero-order valence-corrected chi connectivity index (χ0v) is 17.6. The van der Waals surface area contributed by atoms with Crippen molar-refractivity contribution in [1.29, 1.82) is 0 Å². The lowest BCUT2D eigenvalue weighted by Gasteiger charge is -2.36. The highest BCUT2D eigenvalue weighted by molar-refractivity contribution is 7.89. The molecule has 1 fully saturated rings. The van der Waals surface area contributed by atoms with Gasteiger partial charge in [-0.3, -0.25) is 15.1 Å². The van der Waals surface area contributed by atoms with E-state index in [1.807, 2.05) is 4.90 Å². The van der Waals surface area contributed by atoms with E-state index in [4.69, 9.17) is 4.74 Å². The predicted molar refractivity (Wildman–Crippen MR) is 111 cm³/mol. The summed E-state index contributed by atoms with van der Waals surface area (Å²) in [6, 6.07) is 3.52. The summed E-state index contributed by atoms with van der Waals surface area (Å²) >= 11 is 0. The number of piperazine rings is 1. The molecule has 2 heterocycles. The lowest BCUT2D eigenvalue weighted by atomic mass is 10.2. The van der Waals surface area contributed by atoms with Gasteiger partial charge in [-0.1, -0.05) is 0 Å². The van der Waals surface area contributed by atoms with Crippen molar-refractivity contribution in [2.24, 2.45) is 0 Å². The number of methoxy groups -OCH3 is 1. The molecule has 0 aliphatic carbocycles. The van der Waals surface area contributed by atoms with Crippen molar-refractivity contribution in [2.75, 3.05) is 49.7 Å². The molecule has 0 amide bonds. The second kappa shape index (κ2) is 9.32. The number of ether oxygens (including phenoxy) is 1. The molecular weight excluding hydrogens is 412 g/mol. The molecule has 12 heteroatoms. The summed E-state index contributed by atoms with van der Waals surface area (Å²) in [5.41, 5.74) is 0.146. The third kappa shape index (κ3) is 5.01. The Kier molecular flexibility index (Phi) is 6.80. The molecule has 0 unspecified atom stereocenters. The molecule has 1 saturated heterocycles. The summed E-state index contributed by atoms with van der Waals surface area (Å²) < 4.78 is 32.5. The number of hydrogen-bond donors (Lipinski definition) is 1. The van der Waals surface area contributed by atoms with Crippen LogP contribution in [0.1, 0.15) is 6.92 Å². The van der Waals surface area contributed by atoms with Gasteiger partial charge in [0.25, 0.3) is 5.69 Å². The molecule has 0 radical (unpaired) electrons. The SMILES string of the molecule is COC[C@@H](C)NS(=O)(=O)c1ccc(N2CCN(c3cnccn3)CC2)c([N+](=O)[O-])c1. The average molecular weight is 436 g/mol. The molecule has 1 aromatic carbocycles. The van der Waals surface area contributed by atoms with Gasteiger partial charge in [0.1, 0.15) is 11.5 Å². The van der Waals surface area contributed by atoms with E-state index in [9.17, 15) is 18.5 Å². The molecule has 11 nitrogen and oxygen atoms in total. The predicted octanol–water partition coefficient (Wildman–Crippen LogP) is 1.02. The summed E-state index contributed by atoms with van der Waals surface area (Å²) in [5.74, 6) is 0.754. The van der Waals surface area contributed by atoms with E-state index in [-0.39, 0.29) is 17.2 Å². The lowest BCUT2D eigenvalue weighted by Crippen LogP contribution is -2.47. The van der Waals surface area contributed by atoms with Gasteiger partial charge >= 0.3 is 0 Å². The van der Waals surface area contributed by atoms with Crippen LogP contribution in [0.2, 0.25) is 0 Å². The first kappa shape index (κ1) is 21.9. The minimum atomic E-state index is -3.91. The smallest absolute Gasteiger partial charge is 0.293 e. The quantitative estimate of drug-likeness (QED) is 0.476. The highest BCUT2D eigenvalue weighted by Crippen LogP contribution is 2.32. The number of anilines is 2. The van der Waals surface area contributed by atoms with E-state index in [1.54, 1.807) is 25.5 Å². The molecule has 1 atom stereocenters. The summed E-state index contributed by atoms with van der Waals surface area (Å²) in [6.07, 6.45) is 4.90. The fourth-order valence-electron chi connectivity index (χ4n) is 3.33. The van der Waals surface area contributed by atoms with Gasteiger partial charge in [-0.2, -0.15) is 0 Å². The largest absolute Gasteiger partial charge is 0.383 e. The Morgan fingerprint density at radius 2 is 1.93 bits per heavy atom. The van der Waals surface area contributed by atoms with Crippen LogP contribution in [0, 0.1) is 10.1 Å². The fourth-order valence-corrected chi connectivity index (χ4v) is 4.58. The molecule has 2 aromatic rings. The number of benzene rings is 1. The maximum Gasteiger partial charge on any atom is 0.293 e. The molecule has 1 aliphatic heterocycles. The number of aromatic nitrogens is 2. The molecule has 1 aromatic heterocycles. The van der Waals surface area contributed by atoms with Crippen LogP contribution in [-0.4, -0.2) is 69.2 Å². The first-order valence-corrected chi connectivity index (χ1v) is 10.9. The van der Waals surface area contributed by atoms with Crippen LogP contribution in [0.4, 0.5) is 17.2 Å². The van der Waals surface area contributed by atoms with Gasteiger partial charge in [0.05, 0.1) is 22.6 Å². The van der Waals surface area contributed by atoms with Crippen molar-refractivity contribution >= 4 is 27.2 Å². The van der Waals surface area contributed by atoms with Crippen LogP contribution in [0.5, 0.6) is 0 Å². The standard InChI is InChI=1S/C18H24N6O5S/c1-14(13-29-2)21-30(27,28)15-3-4-16(17(11-15)24(25)26)22-7-9-23(10-8-22)18-12-19-5-6-20-18/h3-6,11-12,14,21H,7-10,13H2,1-2H3/t14-/m1/s1. The Morgan fingerprint density at radius 1 is 1.23 bits per heavy atom.